The Bertz CT molecular complexity index is 1190. The van der Waals surface area contributed by atoms with Crippen LogP contribution in [-0.2, 0) is 14.8 Å². The number of piperidine rings is 1. The van der Waals surface area contributed by atoms with Gasteiger partial charge in [-0.05, 0) is 49.2 Å². The number of benzene rings is 1. The fourth-order valence-corrected chi connectivity index (χ4v) is 6.82. The number of carbonyl (C=O) groups excluding carboxylic acids is 2. The zero-order chi connectivity index (χ0) is 27.1. The molecule has 0 spiro atoms. The predicted octanol–water partition coefficient (Wildman–Crippen LogP) is 1.75. The molecular formula is C26H35N5O6S. The second-order valence-corrected chi connectivity index (χ2v) is 11.8. The van der Waals surface area contributed by atoms with Crippen LogP contribution in [0, 0.1) is 5.92 Å². The molecule has 2 fully saturated rings. The molecular weight excluding hydrogens is 510 g/mol. The number of likely N-dealkylation sites (tertiary alicyclic amines) is 1. The highest BCUT2D eigenvalue weighted by Crippen LogP contribution is 2.28. The van der Waals surface area contributed by atoms with Crippen molar-refractivity contribution in [3.8, 4) is 5.75 Å². The maximum absolute atomic E-state index is 13.7. The van der Waals surface area contributed by atoms with Crippen LogP contribution < -0.4 is 15.1 Å². The van der Waals surface area contributed by atoms with Gasteiger partial charge in [0.1, 0.15) is 5.75 Å². The molecule has 2 aliphatic rings. The number of hydrogen-bond donors (Lipinski definition) is 2. The van der Waals surface area contributed by atoms with Gasteiger partial charge in [-0.3, -0.25) is 19.8 Å². The Hall–Kier alpha value is -3.22. The predicted molar refractivity (Wildman–Crippen MR) is 142 cm³/mol. The minimum Gasteiger partial charge on any atom is -0.494 e. The van der Waals surface area contributed by atoms with Gasteiger partial charge in [0.2, 0.25) is 15.9 Å². The van der Waals surface area contributed by atoms with Crippen molar-refractivity contribution in [3.05, 3.63) is 54.4 Å². The van der Waals surface area contributed by atoms with Crippen LogP contribution in [0.3, 0.4) is 0 Å². The number of hydroxylamine groups is 1. The average Bonchev–Trinajstić information content (AvgIpc) is 2.97. The van der Waals surface area contributed by atoms with Gasteiger partial charge in [-0.15, -0.1) is 0 Å². The SMILES string of the molecule is CCCCOc1ccc(N2CCN(S(=O)(=O)C3CC(C(=O)NO)CN(C(=O)c4cccnc4)C3)CC2)cc1. The summed E-state index contributed by atoms with van der Waals surface area (Å²) in [5, 5.41) is 8.22. The number of rotatable bonds is 9. The molecule has 0 aliphatic carbocycles. The largest absolute Gasteiger partial charge is 0.494 e. The molecule has 1 aromatic heterocycles. The van der Waals surface area contributed by atoms with Gasteiger partial charge in [0.25, 0.3) is 5.91 Å². The molecule has 2 aromatic rings. The first-order valence-corrected chi connectivity index (χ1v) is 14.4. The Balaban J connectivity index is 1.42. The number of nitrogens with zero attached hydrogens (tertiary/aromatic N) is 4. The quantitative estimate of drug-likeness (QED) is 0.277. The summed E-state index contributed by atoms with van der Waals surface area (Å²) in [4.78, 5) is 32.8. The highest BCUT2D eigenvalue weighted by molar-refractivity contribution is 7.89. The van der Waals surface area contributed by atoms with Crippen molar-refractivity contribution in [1.82, 2.24) is 19.7 Å². The molecule has 11 nitrogen and oxygen atoms in total. The molecule has 12 heteroatoms. The first-order chi connectivity index (χ1) is 18.3. The van der Waals surface area contributed by atoms with Crippen LogP contribution in [-0.4, -0.2) is 90.8 Å². The molecule has 3 heterocycles. The molecule has 2 atom stereocenters. The van der Waals surface area contributed by atoms with Crippen LogP contribution in [0.4, 0.5) is 5.69 Å². The van der Waals surface area contributed by atoms with Gasteiger partial charge in [0.05, 0.1) is 23.3 Å². The van der Waals surface area contributed by atoms with Crippen LogP contribution in [0.1, 0.15) is 36.5 Å². The molecule has 2 saturated heterocycles. The van der Waals surface area contributed by atoms with Crippen molar-refractivity contribution < 1.29 is 28.0 Å². The lowest BCUT2D eigenvalue weighted by atomic mass is 9.96. The summed E-state index contributed by atoms with van der Waals surface area (Å²) in [5.74, 6) is -1.15. The number of anilines is 1. The molecule has 2 unspecified atom stereocenters. The van der Waals surface area contributed by atoms with Gasteiger partial charge in [-0.1, -0.05) is 13.3 Å². The lowest BCUT2D eigenvalue weighted by Crippen LogP contribution is -2.57. The summed E-state index contributed by atoms with van der Waals surface area (Å²) >= 11 is 0. The van der Waals surface area contributed by atoms with E-state index in [0.29, 0.717) is 38.3 Å². The van der Waals surface area contributed by atoms with Crippen LogP contribution in [0.25, 0.3) is 0 Å². The summed E-state index contributed by atoms with van der Waals surface area (Å²) < 4.78 is 34.5. The second-order valence-electron chi connectivity index (χ2n) is 9.61. The number of aromatic nitrogens is 1. The smallest absolute Gasteiger partial charge is 0.255 e. The van der Waals surface area contributed by atoms with E-state index in [-0.39, 0.29) is 19.5 Å². The summed E-state index contributed by atoms with van der Waals surface area (Å²) in [6, 6.07) is 11.0. The van der Waals surface area contributed by atoms with Gasteiger partial charge in [-0.2, -0.15) is 4.31 Å². The second kappa shape index (κ2) is 12.5. The Morgan fingerprint density at radius 1 is 1.11 bits per heavy atom. The van der Waals surface area contributed by atoms with E-state index < -0.39 is 33.0 Å². The van der Waals surface area contributed by atoms with E-state index in [1.54, 1.807) is 17.6 Å². The molecule has 1 aromatic carbocycles. The number of piperazine rings is 1. The van der Waals surface area contributed by atoms with Gasteiger partial charge < -0.3 is 14.5 Å². The lowest BCUT2D eigenvalue weighted by Gasteiger charge is -2.41. The number of pyridine rings is 1. The summed E-state index contributed by atoms with van der Waals surface area (Å²) in [5.41, 5.74) is 2.92. The van der Waals surface area contributed by atoms with E-state index in [1.165, 1.54) is 21.6 Å². The van der Waals surface area contributed by atoms with Crippen LogP contribution in [0.2, 0.25) is 0 Å². The van der Waals surface area contributed by atoms with Crippen molar-refractivity contribution in [3.63, 3.8) is 0 Å². The van der Waals surface area contributed by atoms with E-state index in [0.717, 1.165) is 24.3 Å². The molecule has 0 saturated carbocycles. The van der Waals surface area contributed by atoms with Crippen LogP contribution >= 0.6 is 0 Å². The number of nitrogens with one attached hydrogen (secondary N) is 1. The molecule has 0 bridgehead atoms. The Morgan fingerprint density at radius 2 is 1.84 bits per heavy atom. The number of ether oxygens (including phenoxy) is 1. The zero-order valence-electron chi connectivity index (χ0n) is 21.5. The molecule has 206 valence electrons. The lowest BCUT2D eigenvalue weighted by molar-refractivity contribution is -0.134. The standard InChI is InChI=1S/C26H35N5O6S/c1-2-3-15-37-23-8-6-22(7-9-23)29-11-13-31(14-12-29)38(35,36)24-16-21(25(32)28-34)18-30(19-24)26(33)20-5-4-10-27-17-20/h4-10,17,21,24,34H,2-3,11-16,18-19H2,1H3,(H,28,32). The van der Waals surface area contributed by atoms with Crippen LogP contribution in [0.5, 0.6) is 5.75 Å². The minimum absolute atomic E-state index is 0.0120. The highest BCUT2D eigenvalue weighted by Gasteiger charge is 2.43. The van der Waals surface area contributed by atoms with E-state index in [9.17, 15) is 23.2 Å². The summed E-state index contributed by atoms with van der Waals surface area (Å²) in [6.07, 6.45) is 5.04. The third-order valence-corrected chi connectivity index (χ3v) is 9.35. The normalized spacial score (nSPS) is 20.7. The molecule has 2 aliphatic heterocycles. The Kier molecular flexibility index (Phi) is 9.18. The van der Waals surface area contributed by atoms with Gasteiger partial charge in [0, 0.05) is 57.3 Å². The van der Waals surface area contributed by atoms with E-state index in [1.807, 2.05) is 24.3 Å². The van der Waals surface area contributed by atoms with Crippen molar-refractivity contribution >= 4 is 27.5 Å². The summed E-state index contributed by atoms with van der Waals surface area (Å²) in [7, 11) is -3.82. The molecule has 38 heavy (non-hydrogen) atoms. The number of hydrogen-bond acceptors (Lipinski definition) is 8. The fourth-order valence-electron chi connectivity index (χ4n) is 4.89. The summed E-state index contributed by atoms with van der Waals surface area (Å²) in [6.45, 7) is 4.38. The highest BCUT2D eigenvalue weighted by atomic mass is 32.2. The monoisotopic (exact) mass is 545 g/mol. The molecule has 4 rings (SSSR count). The van der Waals surface area contributed by atoms with Crippen LogP contribution in [0.15, 0.2) is 48.8 Å². The van der Waals surface area contributed by atoms with E-state index in [2.05, 4.69) is 16.8 Å². The maximum atomic E-state index is 13.7. The number of unbranched alkanes of at least 4 members (excludes halogenated alkanes) is 1. The maximum Gasteiger partial charge on any atom is 0.255 e. The van der Waals surface area contributed by atoms with Crippen molar-refractivity contribution in [2.75, 3.05) is 50.8 Å². The van der Waals surface area contributed by atoms with Gasteiger partial charge >= 0.3 is 0 Å². The first-order valence-electron chi connectivity index (χ1n) is 12.9. The van der Waals surface area contributed by atoms with Crippen molar-refractivity contribution in [2.45, 2.75) is 31.4 Å². The molecule has 0 radical (unpaired) electrons. The number of carbonyl (C=O) groups is 2. The van der Waals surface area contributed by atoms with Crippen molar-refractivity contribution in [1.29, 1.82) is 0 Å². The van der Waals surface area contributed by atoms with E-state index >= 15 is 0 Å². The molecule has 2 N–H and O–H groups in total. The van der Waals surface area contributed by atoms with Crippen molar-refractivity contribution in [2.24, 2.45) is 5.92 Å². The van der Waals surface area contributed by atoms with Gasteiger partial charge in [-0.25, -0.2) is 13.9 Å². The first kappa shape index (κ1) is 27.8. The zero-order valence-corrected chi connectivity index (χ0v) is 22.3. The average molecular weight is 546 g/mol. The third-order valence-electron chi connectivity index (χ3n) is 7.08. The fraction of sp³-hybridized carbons (Fsp3) is 0.500. The number of sulfonamides is 1. The third kappa shape index (κ3) is 6.43. The minimum atomic E-state index is -3.82. The van der Waals surface area contributed by atoms with E-state index in [4.69, 9.17) is 4.74 Å². The Morgan fingerprint density at radius 3 is 2.47 bits per heavy atom. The Labute approximate surface area is 223 Å². The molecule has 2 amide bonds. The van der Waals surface area contributed by atoms with Gasteiger partial charge in [0.15, 0.2) is 0 Å². The topological polar surface area (TPSA) is 132 Å². The number of amides is 2.